The molecule has 0 radical (unpaired) electrons. The molecule has 6 nitrogen and oxygen atoms in total. The molecule has 0 unspecified atom stereocenters. The minimum Gasteiger partial charge on any atom is -0.464 e. The molecule has 0 saturated carbocycles. The summed E-state index contributed by atoms with van der Waals surface area (Å²) in [5.41, 5.74) is 0.434. The fourth-order valence-electron chi connectivity index (χ4n) is 3.36. The second kappa shape index (κ2) is 6.11. The van der Waals surface area contributed by atoms with Gasteiger partial charge in [0.25, 0.3) is 5.91 Å². The quantitative estimate of drug-likeness (QED) is 0.725. The Labute approximate surface area is 140 Å². The van der Waals surface area contributed by atoms with Crippen LogP contribution in [-0.2, 0) is 0 Å². The number of rotatable bonds is 2. The standard InChI is InChI=1S/C18H20N4O2/c1-13-7-8-16(24-13)15-6-3-2-4-11-22(15)17(23)14-12-21-10-5-9-19-18(21)20-14/h5,7-10,12,15H,2-4,6,11H2,1H3/t15-/m1/s1. The summed E-state index contributed by atoms with van der Waals surface area (Å²) in [5.74, 6) is 2.23. The van der Waals surface area contributed by atoms with E-state index in [0.717, 1.165) is 43.7 Å². The first-order chi connectivity index (χ1) is 11.7. The van der Waals surface area contributed by atoms with E-state index >= 15 is 0 Å². The summed E-state index contributed by atoms with van der Waals surface area (Å²) in [4.78, 5) is 23.6. The summed E-state index contributed by atoms with van der Waals surface area (Å²) in [7, 11) is 0. The highest BCUT2D eigenvalue weighted by Crippen LogP contribution is 2.32. The van der Waals surface area contributed by atoms with Crippen LogP contribution in [-0.4, -0.2) is 31.7 Å². The summed E-state index contributed by atoms with van der Waals surface area (Å²) in [6.07, 6.45) is 9.43. The van der Waals surface area contributed by atoms with Gasteiger partial charge in [-0.25, -0.2) is 9.97 Å². The van der Waals surface area contributed by atoms with Gasteiger partial charge in [-0.05, 0) is 38.0 Å². The minimum absolute atomic E-state index is 0.0218. The van der Waals surface area contributed by atoms with Crippen molar-refractivity contribution < 1.29 is 9.21 Å². The van der Waals surface area contributed by atoms with Crippen LogP contribution < -0.4 is 0 Å². The number of furan rings is 1. The van der Waals surface area contributed by atoms with E-state index in [4.69, 9.17) is 4.42 Å². The number of imidazole rings is 1. The van der Waals surface area contributed by atoms with Gasteiger partial charge in [0.2, 0.25) is 5.78 Å². The molecule has 3 aromatic rings. The third-order valence-corrected chi connectivity index (χ3v) is 4.56. The highest BCUT2D eigenvalue weighted by molar-refractivity contribution is 5.93. The zero-order valence-electron chi connectivity index (χ0n) is 13.7. The Bertz CT molecular complexity index is 834. The van der Waals surface area contributed by atoms with E-state index in [-0.39, 0.29) is 11.9 Å². The summed E-state index contributed by atoms with van der Waals surface area (Å²) in [6, 6.07) is 5.74. The number of hydrogen-bond acceptors (Lipinski definition) is 4. The third-order valence-electron chi connectivity index (χ3n) is 4.56. The molecule has 1 amide bonds. The molecule has 1 aliphatic heterocycles. The molecule has 1 atom stereocenters. The lowest BCUT2D eigenvalue weighted by Gasteiger charge is -2.28. The van der Waals surface area contributed by atoms with Gasteiger partial charge < -0.3 is 9.32 Å². The number of likely N-dealkylation sites (tertiary alicyclic amines) is 1. The van der Waals surface area contributed by atoms with E-state index in [9.17, 15) is 4.79 Å². The van der Waals surface area contributed by atoms with E-state index in [2.05, 4.69) is 9.97 Å². The van der Waals surface area contributed by atoms with E-state index in [0.29, 0.717) is 11.5 Å². The number of hydrogen-bond donors (Lipinski definition) is 0. The molecule has 1 saturated heterocycles. The molecular formula is C18H20N4O2. The van der Waals surface area contributed by atoms with Crippen molar-refractivity contribution in [3.05, 3.63) is 54.0 Å². The fraction of sp³-hybridized carbons (Fsp3) is 0.389. The van der Waals surface area contributed by atoms with Crippen LogP contribution >= 0.6 is 0 Å². The van der Waals surface area contributed by atoms with Gasteiger partial charge in [-0.1, -0.05) is 12.8 Å². The molecule has 4 rings (SSSR count). The maximum atomic E-state index is 13.1. The lowest BCUT2D eigenvalue weighted by molar-refractivity contribution is 0.0652. The summed E-state index contributed by atoms with van der Waals surface area (Å²) in [5, 5.41) is 0. The number of fused-ring (bicyclic) bond motifs is 1. The smallest absolute Gasteiger partial charge is 0.274 e. The van der Waals surface area contributed by atoms with Crippen molar-refractivity contribution in [3.8, 4) is 0 Å². The number of nitrogens with zero attached hydrogens (tertiary/aromatic N) is 4. The summed E-state index contributed by atoms with van der Waals surface area (Å²) in [6.45, 7) is 2.66. The Morgan fingerprint density at radius 1 is 1.29 bits per heavy atom. The van der Waals surface area contributed by atoms with Crippen molar-refractivity contribution >= 4 is 11.7 Å². The first kappa shape index (κ1) is 14.9. The number of amides is 1. The van der Waals surface area contributed by atoms with Crippen LogP contribution in [0.3, 0.4) is 0 Å². The number of aromatic nitrogens is 3. The number of carbonyl (C=O) groups is 1. The maximum absolute atomic E-state index is 13.1. The van der Waals surface area contributed by atoms with Crippen LogP contribution in [0, 0.1) is 6.92 Å². The van der Waals surface area contributed by atoms with Gasteiger partial charge in [-0.3, -0.25) is 9.20 Å². The highest BCUT2D eigenvalue weighted by Gasteiger charge is 2.30. The van der Waals surface area contributed by atoms with Crippen LogP contribution in [0.4, 0.5) is 0 Å². The molecule has 0 spiro atoms. The van der Waals surface area contributed by atoms with Gasteiger partial charge >= 0.3 is 0 Å². The molecule has 0 aromatic carbocycles. The Morgan fingerprint density at radius 3 is 3.00 bits per heavy atom. The second-order valence-corrected chi connectivity index (χ2v) is 6.27. The van der Waals surface area contributed by atoms with Gasteiger partial charge in [0.1, 0.15) is 17.2 Å². The molecule has 0 aliphatic carbocycles. The lowest BCUT2D eigenvalue weighted by atomic mass is 10.1. The van der Waals surface area contributed by atoms with E-state index in [1.54, 1.807) is 16.8 Å². The molecular weight excluding hydrogens is 304 g/mol. The Morgan fingerprint density at radius 2 is 2.21 bits per heavy atom. The highest BCUT2D eigenvalue weighted by atomic mass is 16.3. The first-order valence-corrected chi connectivity index (χ1v) is 8.39. The molecule has 124 valence electrons. The Balaban J connectivity index is 1.68. The maximum Gasteiger partial charge on any atom is 0.274 e. The third kappa shape index (κ3) is 2.68. The van der Waals surface area contributed by atoms with E-state index in [1.807, 2.05) is 36.2 Å². The van der Waals surface area contributed by atoms with Gasteiger partial charge in [0.15, 0.2) is 0 Å². The van der Waals surface area contributed by atoms with Crippen molar-refractivity contribution in [2.24, 2.45) is 0 Å². The topological polar surface area (TPSA) is 63.6 Å². The molecule has 1 aliphatic rings. The van der Waals surface area contributed by atoms with Crippen molar-refractivity contribution in [2.45, 2.75) is 38.6 Å². The number of carbonyl (C=O) groups excluding carboxylic acids is 1. The van der Waals surface area contributed by atoms with Gasteiger partial charge in [-0.15, -0.1) is 0 Å². The lowest BCUT2D eigenvalue weighted by Crippen LogP contribution is -2.34. The van der Waals surface area contributed by atoms with Crippen molar-refractivity contribution in [1.29, 1.82) is 0 Å². The largest absolute Gasteiger partial charge is 0.464 e. The average molecular weight is 324 g/mol. The molecule has 24 heavy (non-hydrogen) atoms. The SMILES string of the molecule is Cc1ccc([C@H]2CCCCCN2C(=O)c2cn3cccnc3n2)o1. The summed E-state index contributed by atoms with van der Waals surface area (Å²) < 4.78 is 7.60. The van der Waals surface area contributed by atoms with Crippen molar-refractivity contribution in [3.63, 3.8) is 0 Å². The zero-order chi connectivity index (χ0) is 16.5. The average Bonchev–Trinajstić information content (AvgIpc) is 3.13. The molecule has 4 heterocycles. The van der Waals surface area contributed by atoms with Crippen LogP contribution in [0.5, 0.6) is 0 Å². The van der Waals surface area contributed by atoms with E-state index in [1.165, 1.54) is 0 Å². The Hall–Kier alpha value is -2.63. The van der Waals surface area contributed by atoms with Crippen molar-refractivity contribution in [1.82, 2.24) is 19.3 Å². The normalized spacial score (nSPS) is 18.7. The van der Waals surface area contributed by atoms with Crippen LogP contribution in [0.25, 0.3) is 5.78 Å². The predicted octanol–water partition coefficient (Wildman–Crippen LogP) is 3.39. The second-order valence-electron chi connectivity index (χ2n) is 6.27. The van der Waals surface area contributed by atoms with Crippen LogP contribution in [0.2, 0.25) is 0 Å². The van der Waals surface area contributed by atoms with Gasteiger partial charge in [-0.2, -0.15) is 0 Å². The zero-order valence-corrected chi connectivity index (χ0v) is 13.7. The number of aryl methyl sites for hydroxylation is 1. The predicted molar refractivity (Wildman–Crippen MR) is 88.7 cm³/mol. The van der Waals surface area contributed by atoms with Gasteiger partial charge in [0.05, 0.1) is 6.04 Å². The molecule has 1 fully saturated rings. The fourth-order valence-corrected chi connectivity index (χ4v) is 3.36. The van der Waals surface area contributed by atoms with Crippen LogP contribution in [0.1, 0.15) is 53.7 Å². The molecule has 6 heteroatoms. The monoisotopic (exact) mass is 324 g/mol. The minimum atomic E-state index is -0.0542. The van der Waals surface area contributed by atoms with Crippen molar-refractivity contribution in [2.75, 3.05) is 6.54 Å². The van der Waals surface area contributed by atoms with Gasteiger partial charge in [0, 0.05) is 25.1 Å². The molecule has 3 aromatic heterocycles. The van der Waals surface area contributed by atoms with E-state index < -0.39 is 0 Å². The van der Waals surface area contributed by atoms with Crippen LogP contribution in [0.15, 0.2) is 41.2 Å². The molecule has 0 bridgehead atoms. The first-order valence-electron chi connectivity index (χ1n) is 8.39. The summed E-state index contributed by atoms with van der Waals surface area (Å²) >= 11 is 0. The Kier molecular flexibility index (Phi) is 3.80. The molecule has 0 N–H and O–H groups in total.